The minimum absolute atomic E-state index is 0.0359. The summed E-state index contributed by atoms with van der Waals surface area (Å²) >= 11 is 1.28. The molecule has 6 heteroatoms. The number of nitrogens with zero attached hydrogens (tertiary/aromatic N) is 2. The number of hydrogen-bond donors (Lipinski definition) is 1. The zero-order valence-corrected chi connectivity index (χ0v) is 12.6. The Hall–Kier alpha value is -2.21. The lowest BCUT2D eigenvalue weighted by molar-refractivity contribution is -0.115. The average molecular weight is 301 g/mol. The lowest BCUT2D eigenvalue weighted by Crippen LogP contribution is -2.22. The summed E-state index contributed by atoms with van der Waals surface area (Å²) < 4.78 is 0. The molecule has 1 aromatic carbocycles. The first-order valence-corrected chi connectivity index (χ1v) is 7.30. The third kappa shape index (κ3) is 4.39. The third-order valence-electron chi connectivity index (χ3n) is 2.73. The molecular weight excluding hydrogens is 286 g/mol. The molecular formula is C15H15N3O2S. The fourth-order valence-electron chi connectivity index (χ4n) is 1.62. The highest BCUT2D eigenvalue weighted by atomic mass is 32.2. The van der Waals surface area contributed by atoms with E-state index in [1.165, 1.54) is 18.7 Å². The Morgan fingerprint density at radius 2 is 1.90 bits per heavy atom. The van der Waals surface area contributed by atoms with E-state index >= 15 is 0 Å². The van der Waals surface area contributed by atoms with Crippen molar-refractivity contribution in [1.82, 2.24) is 9.97 Å². The Balaban J connectivity index is 2.00. The van der Waals surface area contributed by atoms with Crippen molar-refractivity contribution in [1.29, 1.82) is 0 Å². The Kier molecular flexibility index (Phi) is 5.05. The highest BCUT2D eigenvalue weighted by Gasteiger charge is 2.16. The summed E-state index contributed by atoms with van der Waals surface area (Å²) in [4.78, 5) is 31.6. The summed E-state index contributed by atoms with van der Waals surface area (Å²) in [6, 6.07) is 8.60. The Bertz CT molecular complexity index is 646. The Morgan fingerprint density at radius 1 is 1.19 bits per heavy atom. The molecule has 0 saturated carbocycles. The van der Waals surface area contributed by atoms with Gasteiger partial charge in [-0.1, -0.05) is 23.9 Å². The summed E-state index contributed by atoms with van der Waals surface area (Å²) in [6.07, 6.45) is 3.27. The minimum atomic E-state index is -0.339. The molecule has 0 aliphatic heterocycles. The van der Waals surface area contributed by atoms with E-state index in [1.807, 2.05) is 0 Å². The number of nitrogens with one attached hydrogen (secondary N) is 1. The molecule has 5 nitrogen and oxygen atoms in total. The first-order valence-electron chi connectivity index (χ1n) is 6.42. The van der Waals surface area contributed by atoms with Crippen molar-refractivity contribution in [2.45, 2.75) is 24.3 Å². The van der Waals surface area contributed by atoms with E-state index in [4.69, 9.17) is 0 Å². The topological polar surface area (TPSA) is 72.0 Å². The zero-order chi connectivity index (χ0) is 15.2. The second-order valence-corrected chi connectivity index (χ2v) is 5.73. The van der Waals surface area contributed by atoms with Crippen LogP contribution in [0.2, 0.25) is 0 Å². The van der Waals surface area contributed by atoms with Crippen LogP contribution in [-0.4, -0.2) is 26.9 Å². The van der Waals surface area contributed by atoms with Gasteiger partial charge in [-0.05, 0) is 32.0 Å². The molecule has 0 fully saturated rings. The maximum atomic E-state index is 12.1. The summed E-state index contributed by atoms with van der Waals surface area (Å²) in [5.74, 6) is -0.195. The van der Waals surface area contributed by atoms with Crippen LogP contribution in [0.4, 0.5) is 5.69 Å². The molecule has 0 aliphatic carbocycles. The number of benzene rings is 1. The zero-order valence-electron chi connectivity index (χ0n) is 11.7. The van der Waals surface area contributed by atoms with Crippen LogP contribution in [0.5, 0.6) is 0 Å². The van der Waals surface area contributed by atoms with Gasteiger partial charge in [0, 0.05) is 23.6 Å². The van der Waals surface area contributed by atoms with Gasteiger partial charge in [0.2, 0.25) is 5.91 Å². The van der Waals surface area contributed by atoms with Gasteiger partial charge in [-0.15, -0.1) is 0 Å². The number of ketones is 1. The fourth-order valence-corrected chi connectivity index (χ4v) is 2.34. The molecule has 1 N–H and O–H groups in total. The van der Waals surface area contributed by atoms with Crippen molar-refractivity contribution in [3.63, 3.8) is 0 Å². The molecule has 1 heterocycles. The van der Waals surface area contributed by atoms with Crippen molar-refractivity contribution < 1.29 is 9.59 Å². The Morgan fingerprint density at radius 3 is 2.57 bits per heavy atom. The Labute approximate surface area is 127 Å². The van der Waals surface area contributed by atoms with Crippen LogP contribution in [0.25, 0.3) is 0 Å². The van der Waals surface area contributed by atoms with Crippen LogP contribution in [0.3, 0.4) is 0 Å². The highest BCUT2D eigenvalue weighted by molar-refractivity contribution is 8.00. The lowest BCUT2D eigenvalue weighted by Gasteiger charge is -2.11. The summed E-state index contributed by atoms with van der Waals surface area (Å²) in [7, 11) is 0. The smallest absolute Gasteiger partial charge is 0.237 e. The van der Waals surface area contributed by atoms with Gasteiger partial charge >= 0.3 is 0 Å². The first kappa shape index (κ1) is 15.2. The maximum Gasteiger partial charge on any atom is 0.237 e. The second kappa shape index (κ2) is 6.99. The van der Waals surface area contributed by atoms with Gasteiger partial charge in [0.25, 0.3) is 0 Å². The van der Waals surface area contributed by atoms with Crippen LogP contribution in [-0.2, 0) is 4.79 Å². The fraction of sp³-hybridized carbons (Fsp3) is 0.200. The summed E-state index contributed by atoms with van der Waals surface area (Å²) in [5.41, 5.74) is 1.17. The molecule has 1 aromatic heterocycles. The van der Waals surface area contributed by atoms with E-state index in [2.05, 4.69) is 15.3 Å². The van der Waals surface area contributed by atoms with Crippen molar-refractivity contribution >= 4 is 29.1 Å². The van der Waals surface area contributed by atoms with Crippen LogP contribution in [0.15, 0.2) is 47.9 Å². The maximum absolute atomic E-state index is 12.1. The van der Waals surface area contributed by atoms with Crippen LogP contribution < -0.4 is 5.32 Å². The van der Waals surface area contributed by atoms with Gasteiger partial charge in [-0.3, -0.25) is 9.59 Å². The van der Waals surface area contributed by atoms with E-state index in [-0.39, 0.29) is 16.9 Å². The van der Waals surface area contributed by atoms with E-state index in [0.717, 1.165) is 0 Å². The number of amides is 1. The van der Waals surface area contributed by atoms with E-state index in [9.17, 15) is 9.59 Å². The SMILES string of the molecule is CC(=O)c1cccc(NC(=O)[C@@H](C)Sc2ncccn2)c1. The summed E-state index contributed by atoms with van der Waals surface area (Å²) in [5, 5.41) is 3.00. The van der Waals surface area contributed by atoms with Crippen LogP contribution >= 0.6 is 11.8 Å². The number of hydrogen-bond acceptors (Lipinski definition) is 5. The number of carbonyl (C=O) groups is 2. The van der Waals surface area contributed by atoms with Crippen LogP contribution in [0, 0.1) is 0 Å². The molecule has 2 aromatic rings. The van der Waals surface area contributed by atoms with E-state index in [0.29, 0.717) is 16.4 Å². The highest BCUT2D eigenvalue weighted by Crippen LogP contribution is 2.20. The molecule has 21 heavy (non-hydrogen) atoms. The van der Waals surface area contributed by atoms with Gasteiger partial charge in [-0.2, -0.15) is 0 Å². The number of Topliss-reactive ketones (excluding diaryl/α,β-unsaturated/α-hetero) is 1. The van der Waals surface area contributed by atoms with E-state index in [1.54, 1.807) is 49.6 Å². The molecule has 108 valence electrons. The predicted molar refractivity (Wildman–Crippen MR) is 82.4 cm³/mol. The molecule has 0 bridgehead atoms. The lowest BCUT2D eigenvalue weighted by atomic mass is 10.1. The second-order valence-electron chi connectivity index (χ2n) is 4.42. The molecule has 1 atom stereocenters. The van der Waals surface area contributed by atoms with Crippen molar-refractivity contribution in [2.24, 2.45) is 0 Å². The van der Waals surface area contributed by atoms with Crippen molar-refractivity contribution in [3.8, 4) is 0 Å². The normalized spacial score (nSPS) is 11.7. The van der Waals surface area contributed by atoms with Gasteiger partial charge in [0.05, 0.1) is 5.25 Å². The predicted octanol–water partition coefficient (Wildman–Crippen LogP) is 2.80. The van der Waals surface area contributed by atoms with Gasteiger partial charge < -0.3 is 5.32 Å². The van der Waals surface area contributed by atoms with Crippen molar-refractivity contribution in [3.05, 3.63) is 48.3 Å². The quantitative estimate of drug-likeness (QED) is 0.522. The molecule has 2 rings (SSSR count). The van der Waals surface area contributed by atoms with Crippen molar-refractivity contribution in [2.75, 3.05) is 5.32 Å². The number of anilines is 1. The van der Waals surface area contributed by atoms with Gasteiger partial charge in [0.15, 0.2) is 10.9 Å². The van der Waals surface area contributed by atoms with Gasteiger partial charge in [0.1, 0.15) is 0 Å². The molecule has 1 amide bonds. The molecule has 0 aliphatic rings. The number of thioether (sulfide) groups is 1. The van der Waals surface area contributed by atoms with E-state index < -0.39 is 0 Å². The standard InChI is InChI=1S/C15H15N3O2S/c1-10(19)12-5-3-6-13(9-12)18-14(20)11(2)21-15-16-7-4-8-17-15/h3-9,11H,1-2H3,(H,18,20)/t11-/m1/s1. The number of aromatic nitrogens is 2. The molecule has 0 radical (unpaired) electrons. The number of carbonyl (C=O) groups excluding carboxylic acids is 2. The average Bonchev–Trinajstić information content (AvgIpc) is 2.48. The minimum Gasteiger partial charge on any atom is -0.325 e. The summed E-state index contributed by atoms with van der Waals surface area (Å²) in [6.45, 7) is 3.28. The monoisotopic (exact) mass is 301 g/mol. The molecule has 0 unspecified atom stereocenters. The van der Waals surface area contributed by atoms with Crippen LogP contribution in [0.1, 0.15) is 24.2 Å². The molecule has 0 saturated heterocycles. The first-order chi connectivity index (χ1) is 10.1. The van der Waals surface area contributed by atoms with Gasteiger partial charge in [-0.25, -0.2) is 9.97 Å². The molecule has 0 spiro atoms. The number of rotatable bonds is 5. The third-order valence-corrected chi connectivity index (χ3v) is 3.72. The largest absolute Gasteiger partial charge is 0.325 e.